The maximum atomic E-state index is 12.2. The maximum absolute atomic E-state index is 12.2. The molecule has 18 heavy (non-hydrogen) atoms. The zero-order valence-corrected chi connectivity index (χ0v) is 9.98. The molecule has 0 bridgehead atoms. The fraction of sp³-hybridized carbons (Fsp3) is 0. The number of rotatable bonds is 1. The van der Waals surface area contributed by atoms with Crippen LogP contribution in [-0.2, 0) is 9.84 Å². The topological polar surface area (TPSA) is 64.3 Å². The Labute approximate surface area is 103 Å². The van der Waals surface area contributed by atoms with Crippen LogP contribution in [0.3, 0.4) is 0 Å². The molecule has 1 aliphatic rings. The molecule has 0 aliphatic carbocycles. The standard InChI is InChI=1S/C13H8O4S/c14-13-10-5-1-2-6-11(10)18(15,16)12(13)8-9-4-3-7-17-9/h1-8H/b12-8+. The molecule has 0 N–H and O–H groups in total. The molecule has 5 heteroatoms. The van der Waals surface area contributed by atoms with Crippen LogP contribution in [0.2, 0.25) is 0 Å². The van der Waals surface area contributed by atoms with Gasteiger partial charge in [0.15, 0.2) is 0 Å². The second-order valence-electron chi connectivity index (χ2n) is 3.85. The van der Waals surface area contributed by atoms with E-state index in [4.69, 9.17) is 4.42 Å². The lowest BCUT2D eigenvalue weighted by Crippen LogP contribution is -2.01. The third kappa shape index (κ3) is 1.44. The van der Waals surface area contributed by atoms with Gasteiger partial charge in [0.05, 0.1) is 11.2 Å². The molecule has 0 unspecified atom stereocenters. The summed E-state index contributed by atoms with van der Waals surface area (Å²) in [6.45, 7) is 0. The molecular formula is C13H8O4S. The summed E-state index contributed by atoms with van der Waals surface area (Å²) >= 11 is 0. The highest BCUT2D eigenvalue weighted by molar-refractivity contribution is 7.97. The molecule has 1 aliphatic heterocycles. The van der Waals surface area contributed by atoms with Gasteiger partial charge in [0.2, 0.25) is 15.6 Å². The summed E-state index contributed by atoms with van der Waals surface area (Å²) < 4.78 is 29.4. The molecule has 1 aromatic carbocycles. The highest BCUT2D eigenvalue weighted by Crippen LogP contribution is 2.34. The SMILES string of the molecule is O=C1/C(=C\c2ccco2)S(=O)(=O)c2ccccc21. The van der Waals surface area contributed by atoms with E-state index in [0.29, 0.717) is 5.76 Å². The van der Waals surface area contributed by atoms with E-state index >= 15 is 0 Å². The fourth-order valence-electron chi connectivity index (χ4n) is 1.91. The number of furan rings is 1. The van der Waals surface area contributed by atoms with E-state index < -0.39 is 15.6 Å². The summed E-state index contributed by atoms with van der Waals surface area (Å²) in [5.74, 6) is -0.142. The highest BCUT2D eigenvalue weighted by atomic mass is 32.2. The third-order valence-electron chi connectivity index (χ3n) is 2.75. The minimum atomic E-state index is -3.72. The number of hydrogen-bond donors (Lipinski definition) is 0. The van der Waals surface area contributed by atoms with Crippen molar-refractivity contribution in [3.8, 4) is 0 Å². The Morgan fingerprint density at radius 2 is 1.83 bits per heavy atom. The van der Waals surface area contributed by atoms with Crippen LogP contribution in [0.4, 0.5) is 0 Å². The molecule has 0 atom stereocenters. The predicted octanol–water partition coefficient (Wildman–Crippen LogP) is 2.29. The van der Waals surface area contributed by atoms with Crippen LogP contribution in [0.15, 0.2) is 56.9 Å². The van der Waals surface area contributed by atoms with Crippen LogP contribution in [0.5, 0.6) is 0 Å². The summed E-state index contributed by atoms with van der Waals surface area (Å²) in [7, 11) is -3.72. The summed E-state index contributed by atoms with van der Waals surface area (Å²) in [6, 6.07) is 9.41. The Bertz CT molecular complexity index is 752. The van der Waals surface area contributed by atoms with Gasteiger partial charge in [-0.15, -0.1) is 0 Å². The van der Waals surface area contributed by atoms with Gasteiger partial charge in [-0.05, 0) is 24.3 Å². The first-order valence-electron chi connectivity index (χ1n) is 5.25. The molecule has 3 rings (SSSR count). The number of carbonyl (C=O) groups is 1. The minimum Gasteiger partial charge on any atom is -0.465 e. The second-order valence-corrected chi connectivity index (χ2v) is 5.74. The van der Waals surface area contributed by atoms with Crippen molar-refractivity contribution < 1.29 is 17.6 Å². The van der Waals surface area contributed by atoms with E-state index in [1.165, 1.54) is 24.5 Å². The van der Waals surface area contributed by atoms with Crippen molar-refractivity contribution in [2.45, 2.75) is 4.90 Å². The molecule has 0 radical (unpaired) electrons. The normalized spacial score (nSPS) is 19.1. The molecule has 2 aromatic rings. The lowest BCUT2D eigenvalue weighted by Gasteiger charge is -1.95. The summed E-state index contributed by atoms with van der Waals surface area (Å²) in [4.78, 5) is 11.9. The van der Waals surface area contributed by atoms with E-state index in [2.05, 4.69) is 0 Å². The predicted molar refractivity (Wildman–Crippen MR) is 64.6 cm³/mol. The molecule has 0 saturated heterocycles. The lowest BCUT2D eigenvalue weighted by atomic mass is 10.1. The number of allylic oxidation sites excluding steroid dienone is 1. The molecule has 4 nitrogen and oxygen atoms in total. The Hall–Kier alpha value is -2.14. The van der Waals surface area contributed by atoms with E-state index in [9.17, 15) is 13.2 Å². The zero-order valence-electron chi connectivity index (χ0n) is 9.16. The molecule has 0 fully saturated rings. The first-order chi connectivity index (χ1) is 8.60. The van der Waals surface area contributed by atoms with Gasteiger partial charge in [0.25, 0.3) is 0 Å². The van der Waals surface area contributed by atoms with Crippen LogP contribution in [0.25, 0.3) is 6.08 Å². The second kappa shape index (κ2) is 3.68. The van der Waals surface area contributed by atoms with Crippen LogP contribution < -0.4 is 0 Å². The van der Waals surface area contributed by atoms with Gasteiger partial charge in [0, 0.05) is 11.6 Å². The quantitative estimate of drug-likeness (QED) is 0.738. The van der Waals surface area contributed by atoms with Crippen molar-refractivity contribution in [3.63, 3.8) is 0 Å². The molecule has 0 amide bonds. The number of ketones is 1. The first-order valence-corrected chi connectivity index (χ1v) is 6.73. The van der Waals surface area contributed by atoms with Gasteiger partial charge in [0.1, 0.15) is 10.7 Å². The number of benzene rings is 1. The van der Waals surface area contributed by atoms with Gasteiger partial charge in [-0.3, -0.25) is 4.79 Å². The molecule has 0 spiro atoms. The number of fused-ring (bicyclic) bond motifs is 1. The van der Waals surface area contributed by atoms with E-state index in [-0.39, 0.29) is 15.4 Å². The van der Waals surface area contributed by atoms with Crippen molar-refractivity contribution in [1.29, 1.82) is 0 Å². The van der Waals surface area contributed by atoms with Crippen molar-refractivity contribution in [1.82, 2.24) is 0 Å². The molecule has 2 heterocycles. The maximum Gasteiger partial charge on any atom is 0.211 e. The minimum absolute atomic E-state index is 0.0628. The third-order valence-corrected chi connectivity index (χ3v) is 4.57. The average Bonchev–Trinajstić information content (AvgIpc) is 2.93. The average molecular weight is 260 g/mol. The Morgan fingerprint density at radius 1 is 1.06 bits per heavy atom. The molecule has 0 saturated carbocycles. The van der Waals surface area contributed by atoms with E-state index in [0.717, 1.165) is 0 Å². The van der Waals surface area contributed by atoms with E-state index in [1.54, 1.807) is 24.3 Å². The van der Waals surface area contributed by atoms with Crippen LogP contribution in [0, 0.1) is 0 Å². The molecular weight excluding hydrogens is 252 g/mol. The van der Waals surface area contributed by atoms with E-state index in [1.807, 2.05) is 0 Å². The Kier molecular flexibility index (Phi) is 2.24. The smallest absolute Gasteiger partial charge is 0.211 e. The van der Waals surface area contributed by atoms with Crippen molar-refractivity contribution in [2.24, 2.45) is 0 Å². The molecule has 1 aromatic heterocycles. The van der Waals surface area contributed by atoms with Crippen LogP contribution in [0.1, 0.15) is 16.1 Å². The summed E-state index contributed by atoms with van der Waals surface area (Å²) in [5, 5.41) is 0. The number of Topliss-reactive ketones (excluding diaryl/α,β-unsaturated/α-hetero) is 1. The van der Waals surface area contributed by atoms with Gasteiger partial charge < -0.3 is 4.42 Å². The highest BCUT2D eigenvalue weighted by Gasteiger charge is 2.38. The number of sulfone groups is 1. The fourth-order valence-corrected chi connectivity index (χ4v) is 3.48. The Balaban J connectivity index is 2.25. The first kappa shape index (κ1) is 11.0. The van der Waals surface area contributed by atoms with Crippen LogP contribution >= 0.6 is 0 Å². The number of hydrogen-bond acceptors (Lipinski definition) is 4. The van der Waals surface area contributed by atoms with Gasteiger partial charge in [-0.25, -0.2) is 8.42 Å². The summed E-state index contributed by atoms with van der Waals surface area (Å²) in [5.41, 5.74) is 0.218. The van der Waals surface area contributed by atoms with Crippen LogP contribution in [-0.4, -0.2) is 14.2 Å². The Morgan fingerprint density at radius 3 is 2.50 bits per heavy atom. The van der Waals surface area contributed by atoms with Gasteiger partial charge >= 0.3 is 0 Å². The zero-order chi connectivity index (χ0) is 12.8. The summed E-state index contributed by atoms with van der Waals surface area (Å²) in [6.07, 6.45) is 2.68. The van der Waals surface area contributed by atoms with Gasteiger partial charge in [-0.1, -0.05) is 12.1 Å². The van der Waals surface area contributed by atoms with Crippen molar-refractivity contribution in [2.75, 3.05) is 0 Å². The lowest BCUT2D eigenvalue weighted by molar-refractivity contribution is 0.104. The van der Waals surface area contributed by atoms with Gasteiger partial charge in [-0.2, -0.15) is 0 Å². The van der Waals surface area contributed by atoms with Crippen molar-refractivity contribution in [3.05, 3.63) is 58.9 Å². The van der Waals surface area contributed by atoms with Crippen molar-refractivity contribution >= 4 is 21.7 Å². The molecule has 90 valence electrons. The number of carbonyl (C=O) groups excluding carboxylic acids is 1. The largest absolute Gasteiger partial charge is 0.465 e. The monoisotopic (exact) mass is 260 g/mol.